The maximum absolute atomic E-state index is 6.53. The van der Waals surface area contributed by atoms with Crippen LogP contribution < -0.4 is 5.32 Å². The van der Waals surface area contributed by atoms with Crippen molar-refractivity contribution in [3.8, 4) is 11.3 Å². The lowest BCUT2D eigenvalue weighted by atomic mass is 10.0. The molecule has 148 valence electrons. The molecule has 0 unspecified atom stereocenters. The van der Waals surface area contributed by atoms with Crippen molar-refractivity contribution in [3.05, 3.63) is 75.4 Å². The molecule has 28 heavy (non-hydrogen) atoms. The van der Waals surface area contributed by atoms with E-state index in [2.05, 4.69) is 31.8 Å². The van der Waals surface area contributed by atoms with Gasteiger partial charge in [-0.05, 0) is 38.5 Å². The normalized spacial score (nSPS) is 13.0. The van der Waals surface area contributed by atoms with E-state index in [1.54, 1.807) is 6.08 Å². The summed E-state index contributed by atoms with van der Waals surface area (Å²) in [6.45, 7) is 9.75. The zero-order chi connectivity index (χ0) is 20.8. The number of hydrogen-bond acceptors (Lipinski definition) is 2. The van der Waals surface area contributed by atoms with Crippen molar-refractivity contribution >= 4 is 46.2 Å². The van der Waals surface area contributed by atoms with Gasteiger partial charge in [-0.2, -0.15) is 5.10 Å². The third-order valence-electron chi connectivity index (χ3n) is 4.20. The summed E-state index contributed by atoms with van der Waals surface area (Å²) in [6.07, 6.45) is 6.51. The van der Waals surface area contributed by atoms with E-state index < -0.39 is 0 Å². The highest BCUT2D eigenvalue weighted by molar-refractivity contribution is 6.38. The largest absolute Gasteiger partial charge is 0.387 e. The van der Waals surface area contributed by atoms with Gasteiger partial charge in [0.2, 0.25) is 0 Å². The number of aromatic nitrogens is 2. The predicted molar refractivity (Wildman–Crippen MR) is 124 cm³/mol. The van der Waals surface area contributed by atoms with Crippen LogP contribution >= 0.6 is 34.8 Å². The molecule has 0 aliphatic heterocycles. The number of benzene rings is 1. The third-order valence-corrected chi connectivity index (χ3v) is 4.87. The lowest BCUT2D eigenvalue weighted by molar-refractivity contribution is 0.896. The van der Waals surface area contributed by atoms with Gasteiger partial charge in [-0.25, -0.2) is 4.68 Å². The van der Waals surface area contributed by atoms with Gasteiger partial charge in [-0.3, -0.25) is 0 Å². The van der Waals surface area contributed by atoms with Crippen LogP contribution in [-0.2, 0) is 0 Å². The fourth-order valence-electron chi connectivity index (χ4n) is 2.97. The molecular formula is C22H24Cl3N3. The molecule has 1 N–H and O–H groups in total. The minimum Gasteiger partial charge on any atom is -0.387 e. The van der Waals surface area contributed by atoms with Crippen molar-refractivity contribution in [1.29, 1.82) is 0 Å². The maximum atomic E-state index is 6.53. The van der Waals surface area contributed by atoms with Gasteiger partial charge in [0.1, 0.15) is 5.69 Å². The number of nitrogens with one attached hydrogen (secondary N) is 1. The minimum absolute atomic E-state index is 0.350. The first-order valence-electron chi connectivity index (χ1n) is 8.96. The second-order valence-electron chi connectivity index (χ2n) is 6.13. The number of nitrogens with zero attached hydrogens (tertiary/aromatic N) is 2. The van der Waals surface area contributed by atoms with Crippen molar-refractivity contribution in [2.45, 2.75) is 27.2 Å². The zero-order valence-electron chi connectivity index (χ0n) is 16.5. The van der Waals surface area contributed by atoms with E-state index in [-0.39, 0.29) is 0 Å². The number of allylic oxidation sites excluding steroid dienone is 6. The molecule has 0 saturated heterocycles. The Balaban J connectivity index is 2.81. The first-order valence-corrected chi connectivity index (χ1v) is 10.1. The molecule has 0 fully saturated rings. The first kappa shape index (κ1) is 22.4. The molecule has 6 heteroatoms. The molecule has 0 aliphatic carbocycles. The Morgan fingerprint density at radius 3 is 2.39 bits per heavy atom. The molecule has 2 rings (SSSR count). The molecule has 1 aromatic carbocycles. The van der Waals surface area contributed by atoms with E-state index in [4.69, 9.17) is 39.9 Å². The molecule has 0 saturated carbocycles. The zero-order valence-corrected chi connectivity index (χ0v) is 18.8. The van der Waals surface area contributed by atoms with Crippen molar-refractivity contribution < 1.29 is 0 Å². The smallest absolute Gasteiger partial charge is 0.112 e. The molecule has 0 amide bonds. The number of hydrogen-bond donors (Lipinski definition) is 1. The Morgan fingerprint density at radius 1 is 1.25 bits per heavy atom. The highest BCUT2D eigenvalue weighted by Gasteiger charge is 2.21. The van der Waals surface area contributed by atoms with Crippen LogP contribution in [0, 0.1) is 6.92 Å². The van der Waals surface area contributed by atoms with Crippen LogP contribution in [0.3, 0.4) is 0 Å². The van der Waals surface area contributed by atoms with Crippen LogP contribution in [0.25, 0.3) is 22.7 Å². The van der Waals surface area contributed by atoms with E-state index in [0.717, 1.165) is 40.3 Å². The predicted octanol–water partition coefficient (Wildman–Crippen LogP) is 7.22. The van der Waals surface area contributed by atoms with Gasteiger partial charge in [-0.1, -0.05) is 72.6 Å². The van der Waals surface area contributed by atoms with E-state index in [0.29, 0.717) is 15.1 Å². The van der Waals surface area contributed by atoms with Gasteiger partial charge >= 0.3 is 0 Å². The Hall–Kier alpha value is -1.94. The molecule has 0 radical (unpaired) electrons. The monoisotopic (exact) mass is 435 g/mol. The van der Waals surface area contributed by atoms with Crippen LogP contribution in [-0.4, -0.2) is 16.8 Å². The third kappa shape index (κ3) is 4.91. The Labute approximate surface area is 182 Å². The molecule has 0 aliphatic rings. The van der Waals surface area contributed by atoms with Crippen molar-refractivity contribution in [3.63, 3.8) is 0 Å². The van der Waals surface area contributed by atoms with E-state index in [1.165, 1.54) is 0 Å². The second kappa shape index (κ2) is 10.0. The number of halogens is 3. The first-order chi connectivity index (χ1) is 13.3. The standard InChI is InChI=1S/C22H24Cl3N3/c1-6-8-19(26-5)21-15(4)22(16-9-11-17(24)12-10-16)28(27-21)20(7-2)18(25)13-14(3)23/h7-13,26H,3,6H2,1-2,4-5H3/b18-13+,19-8+,20-7+. The highest BCUT2D eigenvalue weighted by Crippen LogP contribution is 2.34. The second-order valence-corrected chi connectivity index (χ2v) is 7.46. The van der Waals surface area contributed by atoms with E-state index in [1.807, 2.05) is 49.0 Å². The molecular weight excluding hydrogens is 413 g/mol. The lowest BCUT2D eigenvalue weighted by Gasteiger charge is -2.12. The van der Waals surface area contributed by atoms with Crippen molar-refractivity contribution in [1.82, 2.24) is 15.1 Å². The summed E-state index contributed by atoms with van der Waals surface area (Å²) < 4.78 is 1.84. The molecule has 2 aromatic rings. The van der Waals surface area contributed by atoms with Gasteiger partial charge in [0.05, 0.1) is 22.1 Å². The van der Waals surface area contributed by atoms with Crippen LogP contribution in [0.5, 0.6) is 0 Å². The quantitative estimate of drug-likeness (QED) is 0.464. The molecule has 0 atom stereocenters. The summed E-state index contributed by atoms with van der Waals surface area (Å²) >= 11 is 18.6. The molecule has 1 heterocycles. The summed E-state index contributed by atoms with van der Waals surface area (Å²) in [5.41, 5.74) is 5.50. The maximum Gasteiger partial charge on any atom is 0.112 e. The summed E-state index contributed by atoms with van der Waals surface area (Å²) in [5, 5.41) is 9.61. The van der Waals surface area contributed by atoms with Crippen molar-refractivity contribution in [2.75, 3.05) is 7.05 Å². The minimum atomic E-state index is 0.350. The fraction of sp³-hybridized carbons (Fsp3) is 0.227. The Bertz CT molecular complexity index is 948. The van der Waals surface area contributed by atoms with Gasteiger partial charge in [0.25, 0.3) is 0 Å². The van der Waals surface area contributed by atoms with E-state index >= 15 is 0 Å². The van der Waals surface area contributed by atoms with Crippen LogP contribution in [0.1, 0.15) is 31.5 Å². The number of rotatable bonds is 7. The van der Waals surface area contributed by atoms with E-state index in [9.17, 15) is 0 Å². The van der Waals surface area contributed by atoms with Crippen LogP contribution in [0.2, 0.25) is 5.02 Å². The van der Waals surface area contributed by atoms with Gasteiger partial charge in [0, 0.05) is 28.2 Å². The average molecular weight is 437 g/mol. The van der Waals surface area contributed by atoms with Crippen LogP contribution in [0.15, 0.2) is 59.1 Å². The molecule has 0 bridgehead atoms. The lowest BCUT2D eigenvalue weighted by Crippen LogP contribution is -2.07. The summed E-state index contributed by atoms with van der Waals surface area (Å²) in [7, 11) is 1.89. The highest BCUT2D eigenvalue weighted by atomic mass is 35.5. The topological polar surface area (TPSA) is 29.9 Å². The van der Waals surface area contributed by atoms with Crippen molar-refractivity contribution in [2.24, 2.45) is 0 Å². The molecule has 0 spiro atoms. The van der Waals surface area contributed by atoms with Gasteiger partial charge in [-0.15, -0.1) is 0 Å². The van der Waals surface area contributed by atoms with Gasteiger partial charge < -0.3 is 5.32 Å². The SMILES string of the molecule is C=C(Cl)/C=C(Cl)\C(=C/C)n1nc(/C(=C\CC)NC)c(C)c1-c1ccc(Cl)cc1. The molecule has 3 nitrogen and oxygen atoms in total. The average Bonchev–Trinajstić information content (AvgIpc) is 2.97. The summed E-state index contributed by atoms with van der Waals surface area (Å²) in [6, 6.07) is 7.67. The Morgan fingerprint density at radius 2 is 1.89 bits per heavy atom. The van der Waals surface area contributed by atoms with Gasteiger partial charge in [0.15, 0.2) is 0 Å². The van der Waals surface area contributed by atoms with Crippen LogP contribution in [0.4, 0.5) is 0 Å². The summed E-state index contributed by atoms with van der Waals surface area (Å²) in [5.74, 6) is 0. The fourth-order valence-corrected chi connectivity index (χ4v) is 3.58. The Kier molecular flexibility index (Phi) is 7.99. The molecule has 1 aromatic heterocycles. The summed E-state index contributed by atoms with van der Waals surface area (Å²) in [4.78, 5) is 0.